The van der Waals surface area contributed by atoms with E-state index in [0.717, 1.165) is 0 Å². The number of carbonyl (C=O) groups is 2. The maximum atomic E-state index is 12.8. The van der Waals surface area contributed by atoms with Crippen molar-refractivity contribution in [1.82, 2.24) is 4.90 Å². The third-order valence-corrected chi connectivity index (χ3v) is 3.10. The molecule has 0 aliphatic rings. The quantitative estimate of drug-likeness (QED) is 0.832. The van der Waals surface area contributed by atoms with Crippen LogP contribution in [0.2, 0.25) is 0 Å². The lowest BCUT2D eigenvalue weighted by Gasteiger charge is -2.20. The summed E-state index contributed by atoms with van der Waals surface area (Å²) in [4.78, 5) is 23.9. The largest absolute Gasteiger partial charge is 0.480 e. The van der Waals surface area contributed by atoms with Crippen LogP contribution in [0.3, 0.4) is 0 Å². The Morgan fingerprint density at radius 3 is 2.47 bits per heavy atom. The number of thioether (sulfide) groups is 1. The summed E-state index contributed by atoms with van der Waals surface area (Å²) in [5, 5.41) is 8.82. The first-order chi connectivity index (χ1) is 9.02. The summed E-state index contributed by atoms with van der Waals surface area (Å²) < 4.78 is 12.8. The Hall–Kier alpha value is -1.56. The number of hydrogen-bond acceptors (Lipinski definition) is 3. The lowest BCUT2D eigenvalue weighted by molar-refractivity contribution is -0.144. The summed E-state index contributed by atoms with van der Waals surface area (Å²) in [5.74, 6) is -0.971. The van der Waals surface area contributed by atoms with E-state index >= 15 is 0 Å². The smallest absolute Gasteiger partial charge is 0.323 e. The van der Waals surface area contributed by atoms with Gasteiger partial charge >= 0.3 is 5.97 Å². The molecule has 1 aromatic carbocycles. The number of benzene rings is 1. The highest BCUT2D eigenvalue weighted by Crippen LogP contribution is 2.09. The average Bonchev–Trinajstić information content (AvgIpc) is 2.37. The third kappa shape index (κ3) is 5.74. The second kappa shape index (κ2) is 7.78. The Balaban J connectivity index is 2.70. The first kappa shape index (κ1) is 15.5. The van der Waals surface area contributed by atoms with Crippen molar-refractivity contribution in [3.63, 3.8) is 0 Å². The SMILES string of the molecule is CSCCC(=O)N(CC(=O)O)Cc1ccc(F)cc1. The summed E-state index contributed by atoms with van der Waals surface area (Å²) in [5.41, 5.74) is 0.708. The minimum atomic E-state index is -1.06. The molecule has 0 spiro atoms. The van der Waals surface area contributed by atoms with Gasteiger partial charge in [0.1, 0.15) is 12.4 Å². The monoisotopic (exact) mass is 285 g/mol. The van der Waals surface area contributed by atoms with Gasteiger partial charge in [-0.25, -0.2) is 4.39 Å². The Kier molecular flexibility index (Phi) is 6.35. The molecule has 0 saturated carbocycles. The molecule has 4 nitrogen and oxygen atoms in total. The predicted octanol–water partition coefficient (Wildman–Crippen LogP) is 1.99. The maximum Gasteiger partial charge on any atom is 0.323 e. The second-order valence-corrected chi connectivity index (χ2v) is 5.00. The predicted molar refractivity (Wildman–Crippen MR) is 72.5 cm³/mol. The fraction of sp³-hybridized carbons (Fsp3) is 0.385. The third-order valence-electron chi connectivity index (χ3n) is 2.49. The number of hydrogen-bond donors (Lipinski definition) is 1. The van der Waals surface area contributed by atoms with Crippen LogP contribution < -0.4 is 0 Å². The van der Waals surface area contributed by atoms with E-state index in [0.29, 0.717) is 17.7 Å². The van der Waals surface area contributed by atoms with E-state index in [4.69, 9.17) is 5.11 Å². The van der Waals surface area contributed by atoms with E-state index in [9.17, 15) is 14.0 Å². The molecule has 0 bridgehead atoms. The minimum Gasteiger partial charge on any atom is -0.480 e. The summed E-state index contributed by atoms with van der Waals surface area (Å²) in [6.45, 7) is -0.162. The van der Waals surface area contributed by atoms with Crippen LogP contribution in [0.15, 0.2) is 24.3 Å². The van der Waals surface area contributed by atoms with Gasteiger partial charge in [0.05, 0.1) is 0 Å². The van der Waals surface area contributed by atoms with Crippen LogP contribution in [0.5, 0.6) is 0 Å². The number of aliphatic carboxylic acids is 1. The van der Waals surface area contributed by atoms with Crippen LogP contribution in [-0.2, 0) is 16.1 Å². The van der Waals surface area contributed by atoms with E-state index in [1.54, 1.807) is 12.1 Å². The number of carboxylic acid groups (broad SMARTS) is 1. The zero-order valence-electron chi connectivity index (χ0n) is 10.6. The van der Waals surface area contributed by atoms with Crippen molar-refractivity contribution >= 4 is 23.6 Å². The molecule has 104 valence electrons. The highest BCUT2D eigenvalue weighted by Gasteiger charge is 2.16. The van der Waals surface area contributed by atoms with Gasteiger partial charge in [-0.1, -0.05) is 12.1 Å². The number of carboxylic acids is 1. The van der Waals surface area contributed by atoms with Crippen molar-refractivity contribution in [2.24, 2.45) is 0 Å². The molecule has 6 heteroatoms. The molecule has 1 amide bonds. The summed E-state index contributed by atoms with van der Waals surface area (Å²) in [7, 11) is 0. The number of rotatable bonds is 7. The molecular formula is C13H16FNO3S. The zero-order chi connectivity index (χ0) is 14.3. The number of amides is 1. The van der Waals surface area contributed by atoms with Gasteiger partial charge in [-0.3, -0.25) is 9.59 Å². The molecule has 1 N–H and O–H groups in total. The molecule has 0 aliphatic heterocycles. The molecule has 19 heavy (non-hydrogen) atoms. The van der Waals surface area contributed by atoms with Crippen molar-refractivity contribution in [2.75, 3.05) is 18.6 Å². The second-order valence-electron chi connectivity index (χ2n) is 4.01. The summed E-state index contributed by atoms with van der Waals surface area (Å²) >= 11 is 1.53. The standard InChI is InChI=1S/C13H16FNO3S/c1-19-7-6-12(16)15(9-13(17)18)8-10-2-4-11(14)5-3-10/h2-5H,6-9H2,1H3,(H,17,18). The summed E-state index contributed by atoms with van der Waals surface area (Å²) in [6, 6.07) is 5.68. The number of nitrogens with zero attached hydrogens (tertiary/aromatic N) is 1. The lowest BCUT2D eigenvalue weighted by atomic mass is 10.2. The molecule has 1 aromatic rings. The molecule has 0 heterocycles. The Morgan fingerprint density at radius 2 is 1.95 bits per heavy atom. The molecule has 1 rings (SSSR count). The average molecular weight is 285 g/mol. The topological polar surface area (TPSA) is 57.6 Å². The van der Waals surface area contributed by atoms with Gasteiger partial charge < -0.3 is 10.0 Å². The van der Waals surface area contributed by atoms with Crippen molar-refractivity contribution in [2.45, 2.75) is 13.0 Å². The van der Waals surface area contributed by atoms with E-state index in [-0.39, 0.29) is 24.8 Å². The van der Waals surface area contributed by atoms with Gasteiger partial charge in [0, 0.05) is 18.7 Å². The molecule has 0 radical (unpaired) electrons. The van der Waals surface area contributed by atoms with Gasteiger partial charge in [-0.15, -0.1) is 0 Å². The highest BCUT2D eigenvalue weighted by atomic mass is 32.2. The number of carbonyl (C=O) groups excluding carboxylic acids is 1. The highest BCUT2D eigenvalue weighted by molar-refractivity contribution is 7.98. The maximum absolute atomic E-state index is 12.8. The molecule has 0 fully saturated rings. The molecule has 0 atom stereocenters. The molecule has 0 aromatic heterocycles. The van der Waals surface area contributed by atoms with Crippen molar-refractivity contribution in [1.29, 1.82) is 0 Å². The van der Waals surface area contributed by atoms with Crippen LogP contribution in [0, 0.1) is 5.82 Å². The van der Waals surface area contributed by atoms with Crippen LogP contribution in [0.1, 0.15) is 12.0 Å². The van der Waals surface area contributed by atoms with Gasteiger partial charge in [0.25, 0.3) is 0 Å². The Morgan fingerprint density at radius 1 is 1.32 bits per heavy atom. The fourth-order valence-corrected chi connectivity index (χ4v) is 1.93. The van der Waals surface area contributed by atoms with Crippen LogP contribution in [0.25, 0.3) is 0 Å². The van der Waals surface area contributed by atoms with Crippen molar-refractivity contribution in [3.8, 4) is 0 Å². The van der Waals surface area contributed by atoms with Gasteiger partial charge in [0.2, 0.25) is 5.91 Å². The van der Waals surface area contributed by atoms with Crippen LogP contribution in [-0.4, -0.2) is 40.4 Å². The first-order valence-corrected chi connectivity index (χ1v) is 7.15. The Bertz CT molecular complexity index is 436. The van der Waals surface area contributed by atoms with E-state index in [2.05, 4.69) is 0 Å². The molecule has 0 saturated heterocycles. The van der Waals surface area contributed by atoms with Gasteiger partial charge in [-0.2, -0.15) is 11.8 Å². The summed E-state index contributed by atoms with van der Waals surface area (Å²) in [6.07, 6.45) is 2.18. The molecule has 0 aliphatic carbocycles. The molecular weight excluding hydrogens is 269 g/mol. The van der Waals surface area contributed by atoms with E-state index in [1.807, 2.05) is 6.26 Å². The molecule has 0 unspecified atom stereocenters. The lowest BCUT2D eigenvalue weighted by Crippen LogP contribution is -2.35. The van der Waals surface area contributed by atoms with Gasteiger partial charge in [-0.05, 0) is 24.0 Å². The zero-order valence-corrected chi connectivity index (χ0v) is 11.5. The van der Waals surface area contributed by atoms with Crippen molar-refractivity contribution < 1.29 is 19.1 Å². The minimum absolute atomic E-state index is 0.180. The van der Waals surface area contributed by atoms with Gasteiger partial charge in [0.15, 0.2) is 0 Å². The van der Waals surface area contributed by atoms with Crippen LogP contribution in [0.4, 0.5) is 4.39 Å². The first-order valence-electron chi connectivity index (χ1n) is 5.76. The van der Waals surface area contributed by atoms with E-state index in [1.165, 1.54) is 28.8 Å². The van der Waals surface area contributed by atoms with E-state index < -0.39 is 5.97 Å². The normalized spacial score (nSPS) is 10.2. The van der Waals surface area contributed by atoms with Crippen LogP contribution >= 0.6 is 11.8 Å². The Labute approximate surface area is 115 Å². The number of halogens is 1. The fourth-order valence-electron chi connectivity index (χ4n) is 1.55. The van der Waals surface area contributed by atoms with Crippen molar-refractivity contribution in [3.05, 3.63) is 35.6 Å².